The molecule has 0 saturated carbocycles. The number of nitrogens with two attached hydrogens (primary N) is 1. The van der Waals surface area contributed by atoms with Crippen molar-refractivity contribution in [3.8, 4) is 17.8 Å². The fraction of sp³-hybridized carbons (Fsp3) is 0.278. The predicted molar refractivity (Wildman–Crippen MR) is 88.5 cm³/mol. The molecule has 6 nitrogen and oxygen atoms in total. The second-order valence-electron chi connectivity index (χ2n) is 5.22. The van der Waals surface area contributed by atoms with Crippen LogP contribution in [0.3, 0.4) is 0 Å². The van der Waals surface area contributed by atoms with Gasteiger partial charge >= 0.3 is 0 Å². The SMILES string of the molecule is Cc1c(C(=O)CN)cc(COCCC#N)n1-c1ccc(C#N)cc1. The molecule has 0 spiro atoms. The van der Waals surface area contributed by atoms with Crippen molar-refractivity contribution in [2.45, 2.75) is 20.0 Å². The van der Waals surface area contributed by atoms with Crippen molar-refractivity contribution in [3.05, 3.63) is 52.8 Å². The maximum Gasteiger partial charge on any atom is 0.178 e. The molecule has 0 bridgehead atoms. The Morgan fingerprint density at radius 3 is 2.58 bits per heavy atom. The lowest BCUT2D eigenvalue weighted by molar-refractivity contribution is 0.100. The van der Waals surface area contributed by atoms with Gasteiger partial charge in [-0.05, 0) is 37.3 Å². The third kappa shape index (κ3) is 3.69. The standard InChI is InChI=1S/C18H18N4O2/c1-13-17(18(23)11-21)9-16(12-24-8-2-7-19)22(13)15-5-3-14(10-20)4-6-15/h3-6,9H,2,8,11-12,21H2,1H3. The number of rotatable bonds is 7. The third-order valence-electron chi connectivity index (χ3n) is 3.67. The van der Waals surface area contributed by atoms with Crippen molar-refractivity contribution in [3.63, 3.8) is 0 Å². The van der Waals surface area contributed by atoms with Crippen LogP contribution in [-0.2, 0) is 11.3 Å². The molecule has 0 atom stereocenters. The fourth-order valence-electron chi connectivity index (χ4n) is 2.51. The van der Waals surface area contributed by atoms with Gasteiger partial charge in [-0.15, -0.1) is 0 Å². The summed E-state index contributed by atoms with van der Waals surface area (Å²) in [7, 11) is 0. The molecule has 1 aromatic carbocycles. The van der Waals surface area contributed by atoms with Crippen LogP contribution in [0.4, 0.5) is 0 Å². The summed E-state index contributed by atoms with van der Waals surface area (Å²) in [5.41, 5.74) is 9.01. The normalized spacial score (nSPS) is 10.2. The van der Waals surface area contributed by atoms with Crippen LogP contribution in [0.1, 0.15) is 33.7 Å². The van der Waals surface area contributed by atoms with Crippen molar-refractivity contribution >= 4 is 5.78 Å². The van der Waals surface area contributed by atoms with Crippen LogP contribution >= 0.6 is 0 Å². The van der Waals surface area contributed by atoms with Crippen LogP contribution in [0.5, 0.6) is 0 Å². The fourth-order valence-corrected chi connectivity index (χ4v) is 2.51. The molecule has 0 amide bonds. The molecule has 2 aromatic rings. The Morgan fingerprint density at radius 2 is 2.00 bits per heavy atom. The van der Waals surface area contributed by atoms with Gasteiger partial charge in [-0.3, -0.25) is 4.79 Å². The van der Waals surface area contributed by atoms with E-state index in [1.165, 1.54) is 0 Å². The van der Waals surface area contributed by atoms with Gasteiger partial charge in [-0.25, -0.2) is 0 Å². The summed E-state index contributed by atoms with van der Waals surface area (Å²) in [6.07, 6.45) is 0.311. The van der Waals surface area contributed by atoms with Gasteiger partial charge in [0.1, 0.15) is 0 Å². The van der Waals surface area contributed by atoms with Crippen molar-refractivity contribution in [1.29, 1.82) is 10.5 Å². The second-order valence-corrected chi connectivity index (χ2v) is 5.22. The third-order valence-corrected chi connectivity index (χ3v) is 3.67. The van der Waals surface area contributed by atoms with Crippen molar-refractivity contribution in [2.24, 2.45) is 5.73 Å². The van der Waals surface area contributed by atoms with Gasteiger partial charge < -0.3 is 15.0 Å². The van der Waals surface area contributed by atoms with Gasteiger partial charge in [0.25, 0.3) is 0 Å². The maximum atomic E-state index is 12.0. The smallest absolute Gasteiger partial charge is 0.178 e. The van der Waals surface area contributed by atoms with Crippen molar-refractivity contribution in [2.75, 3.05) is 13.2 Å². The van der Waals surface area contributed by atoms with Crippen LogP contribution in [0.15, 0.2) is 30.3 Å². The molecule has 1 aromatic heterocycles. The zero-order chi connectivity index (χ0) is 17.5. The first-order chi connectivity index (χ1) is 11.6. The molecule has 0 fully saturated rings. The highest BCUT2D eigenvalue weighted by Crippen LogP contribution is 2.23. The summed E-state index contributed by atoms with van der Waals surface area (Å²) in [4.78, 5) is 12.0. The molecule has 0 aliphatic carbocycles. The zero-order valence-corrected chi connectivity index (χ0v) is 13.5. The Kier molecular flexibility index (Phi) is 5.86. The first-order valence-corrected chi connectivity index (χ1v) is 7.52. The van der Waals surface area contributed by atoms with Gasteiger partial charge in [0.2, 0.25) is 0 Å². The van der Waals surface area contributed by atoms with E-state index in [0.717, 1.165) is 17.1 Å². The summed E-state index contributed by atoms with van der Waals surface area (Å²) in [5.74, 6) is -0.141. The lowest BCUT2D eigenvalue weighted by Gasteiger charge is -2.12. The Balaban J connectivity index is 2.42. The number of aromatic nitrogens is 1. The van der Waals surface area contributed by atoms with Gasteiger partial charge in [0.05, 0.1) is 43.9 Å². The summed E-state index contributed by atoms with van der Waals surface area (Å²) in [6.45, 7) is 2.39. The average Bonchev–Trinajstić information content (AvgIpc) is 2.94. The molecule has 2 N–H and O–H groups in total. The number of hydrogen-bond acceptors (Lipinski definition) is 5. The highest BCUT2D eigenvalue weighted by Gasteiger charge is 2.17. The Bertz CT molecular complexity index is 807. The first-order valence-electron chi connectivity index (χ1n) is 7.52. The molecule has 0 radical (unpaired) electrons. The number of nitrogens with zero attached hydrogens (tertiary/aromatic N) is 3. The van der Waals surface area contributed by atoms with Gasteiger partial charge in [-0.2, -0.15) is 10.5 Å². The van der Waals surface area contributed by atoms with E-state index >= 15 is 0 Å². The lowest BCUT2D eigenvalue weighted by atomic mass is 10.1. The quantitative estimate of drug-likeness (QED) is 0.621. The monoisotopic (exact) mass is 322 g/mol. The number of Topliss-reactive ketones (excluding diaryl/α,β-unsaturated/α-hetero) is 1. The predicted octanol–water partition coefficient (Wildman–Crippen LogP) is 2.23. The Morgan fingerprint density at radius 1 is 1.29 bits per heavy atom. The van der Waals surface area contributed by atoms with Gasteiger partial charge in [0.15, 0.2) is 5.78 Å². The van der Waals surface area contributed by atoms with E-state index in [1.807, 2.05) is 29.7 Å². The highest BCUT2D eigenvalue weighted by atomic mass is 16.5. The summed E-state index contributed by atoms with van der Waals surface area (Å²) in [6, 6.07) is 13.0. The molecular weight excluding hydrogens is 304 g/mol. The molecule has 0 unspecified atom stereocenters. The molecule has 6 heteroatoms. The topological polar surface area (TPSA) is 105 Å². The number of hydrogen-bond donors (Lipinski definition) is 1. The van der Waals surface area contributed by atoms with E-state index in [-0.39, 0.29) is 18.9 Å². The van der Waals surface area contributed by atoms with Crippen molar-refractivity contribution in [1.82, 2.24) is 4.57 Å². The molecule has 1 heterocycles. The minimum atomic E-state index is -0.141. The lowest BCUT2D eigenvalue weighted by Crippen LogP contribution is -2.14. The summed E-state index contributed by atoms with van der Waals surface area (Å²) >= 11 is 0. The van der Waals surface area contributed by atoms with Crippen LogP contribution in [-0.4, -0.2) is 23.5 Å². The zero-order valence-electron chi connectivity index (χ0n) is 13.5. The molecule has 24 heavy (non-hydrogen) atoms. The van der Waals surface area contributed by atoms with Crippen molar-refractivity contribution < 1.29 is 9.53 Å². The van der Waals surface area contributed by atoms with E-state index in [1.54, 1.807) is 18.2 Å². The minimum absolute atomic E-state index is 0.0625. The Labute approximate surface area is 140 Å². The number of benzene rings is 1. The van der Waals surface area contributed by atoms with Crippen LogP contribution in [0.25, 0.3) is 5.69 Å². The van der Waals surface area contributed by atoms with E-state index in [4.69, 9.17) is 21.0 Å². The first kappa shape index (κ1) is 17.4. The van der Waals surface area contributed by atoms with E-state index in [2.05, 4.69) is 6.07 Å². The minimum Gasteiger partial charge on any atom is -0.374 e. The largest absolute Gasteiger partial charge is 0.374 e. The average molecular weight is 322 g/mol. The van der Waals surface area contributed by atoms with E-state index < -0.39 is 0 Å². The summed E-state index contributed by atoms with van der Waals surface area (Å²) in [5, 5.41) is 17.5. The molecule has 0 aliphatic rings. The van der Waals surface area contributed by atoms with E-state index in [0.29, 0.717) is 24.2 Å². The molecule has 0 aliphatic heterocycles. The second kappa shape index (κ2) is 8.07. The Hall–Kier alpha value is -2.93. The van der Waals surface area contributed by atoms with Crippen LogP contribution < -0.4 is 5.73 Å². The number of carbonyl (C=O) groups is 1. The molecule has 0 saturated heterocycles. The summed E-state index contributed by atoms with van der Waals surface area (Å²) < 4.78 is 7.42. The van der Waals surface area contributed by atoms with E-state index in [9.17, 15) is 4.79 Å². The highest BCUT2D eigenvalue weighted by molar-refractivity contribution is 5.99. The number of carbonyl (C=O) groups excluding carboxylic acids is 1. The maximum absolute atomic E-state index is 12.0. The van der Waals surface area contributed by atoms with Crippen LogP contribution in [0, 0.1) is 29.6 Å². The number of ether oxygens (including phenoxy) is 1. The number of ketones is 1. The molecular formula is C18H18N4O2. The molecule has 2 rings (SSSR count). The molecule has 122 valence electrons. The number of nitriles is 2. The van der Waals surface area contributed by atoms with Gasteiger partial charge in [0, 0.05) is 22.6 Å². The van der Waals surface area contributed by atoms with Gasteiger partial charge in [-0.1, -0.05) is 0 Å². The van der Waals surface area contributed by atoms with Crippen LogP contribution in [0.2, 0.25) is 0 Å².